The minimum absolute atomic E-state index is 0.0207. The van der Waals surface area contributed by atoms with Gasteiger partial charge in [0.25, 0.3) is 11.5 Å². The Morgan fingerprint density at radius 2 is 2.00 bits per heavy atom. The molecule has 2 heterocycles. The van der Waals surface area contributed by atoms with Crippen LogP contribution in [0.2, 0.25) is 0 Å². The average Bonchev–Trinajstić information content (AvgIpc) is 3.02. The van der Waals surface area contributed by atoms with Crippen LogP contribution >= 0.6 is 11.8 Å². The summed E-state index contributed by atoms with van der Waals surface area (Å²) in [6.45, 7) is 0.527. The van der Waals surface area contributed by atoms with Crippen molar-refractivity contribution >= 4 is 17.7 Å². The molecule has 0 aliphatic carbocycles. The molecule has 0 radical (unpaired) electrons. The third-order valence-corrected chi connectivity index (χ3v) is 4.51. The molecule has 1 N–H and O–H groups in total. The second-order valence-electron chi connectivity index (χ2n) is 5.14. The number of carbonyl (C=O) groups excluding carboxylic acids is 1. The number of amides is 1. The van der Waals surface area contributed by atoms with Gasteiger partial charge in [0.05, 0.1) is 5.56 Å². The topological polar surface area (TPSA) is 64.0 Å². The number of carbonyl (C=O) groups is 1. The highest BCUT2D eigenvalue weighted by Crippen LogP contribution is 2.29. The van der Waals surface area contributed by atoms with Crippen LogP contribution < -0.4 is 10.9 Å². The summed E-state index contributed by atoms with van der Waals surface area (Å²) in [5.74, 6) is 0.137. The molecule has 0 atom stereocenters. The maximum absolute atomic E-state index is 12.5. The SMILES string of the molecule is O=C(NCc1ccc(C(F)(F)F)cc1)c1cnc2n(c1=O)CCS2. The van der Waals surface area contributed by atoms with E-state index in [0.29, 0.717) is 17.3 Å². The number of hydrogen-bond donors (Lipinski definition) is 1. The Balaban J connectivity index is 1.69. The number of nitrogens with one attached hydrogen (secondary N) is 1. The van der Waals surface area contributed by atoms with Crippen molar-refractivity contribution in [2.45, 2.75) is 24.4 Å². The fourth-order valence-corrected chi connectivity index (χ4v) is 3.18. The van der Waals surface area contributed by atoms with Gasteiger partial charge in [0.15, 0.2) is 5.16 Å². The van der Waals surface area contributed by atoms with E-state index in [-0.39, 0.29) is 12.1 Å². The second kappa shape index (κ2) is 6.31. The average molecular weight is 355 g/mol. The molecule has 9 heteroatoms. The maximum Gasteiger partial charge on any atom is 0.416 e. The van der Waals surface area contributed by atoms with E-state index in [1.807, 2.05) is 0 Å². The molecule has 2 aromatic rings. The number of aromatic nitrogens is 2. The van der Waals surface area contributed by atoms with Crippen LogP contribution in [0, 0.1) is 0 Å². The van der Waals surface area contributed by atoms with Crippen molar-refractivity contribution in [2.24, 2.45) is 0 Å². The predicted molar refractivity (Wildman–Crippen MR) is 81.8 cm³/mol. The van der Waals surface area contributed by atoms with E-state index in [4.69, 9.17) is 0 Å². The van der Waals surface area contributed by atoms with Crippen LogP contribution in [-0.4, -0.2) is 21.2 Å². The molecule has 0 saturated carbocycles. The van der Waals surface area contributed by atoms with Gasteiger partial charge in [-0.1, -0.05) is 23.9 Å². The zero-order valence-corrected chi connectivity index (χ0v) is 13.1. The Kier molecular flexibility index (Phi) is 4.35. The van der Waals surface area contributed by atoms with Crippen molar-refractivity contribution in [2.75, 3.05) is 5.75 Å². The summed E-state index contributed by atoms with van der Waals surface area (Å²) in [4.78, 5) is 28.4. The molecule has 0 bridgehead atoms. The standard InChI is InChI=1S/C15H12F3N3O2S/c16-15(17,18)10-3-1-9(2-4-10)7-19-12(22)11-8-20-14-21(13(11)23)5-6-24-14/h1-4,8H,5-7H2,(H,19,22). The van der Waals surface area contributed by atoms with Gasteiger partial charge in [0, 0.05) is 25.0 Å². The molecule has 1 amide bonds. The van der Waals surface area contributed by atoms with E-state index < -0.39 is 23.2 Å². The summed E-state index contributed by atoms with van der Waals surface area (Å²) in [7, 11) is 0. The first-order chi connectivity index (χ1) is 11.4. The lowest BCUT2D eigenvalue weighted by atomic mass is 10.1. The smallest absolute Gasteiger partial charge is 0.348 e. The summed E-state index contributed by atoms with van der Waals surface area (Å²) < 4.78 is 38.9. The molecule has 1 aliphatic rings. The van der Waals surface area contributed by atoms with E-state index in [9.17, 15) is 22.8 Å². The van der Waals surface area contributed by atoms with Crippen molar-refractivity contribution in [1.29, 1.82) is 0 Å². The van der Waals surface area contributed by atoms with Gasteiger partial charge in [0.2, 0.25) is 0 Å². The van der Waals surface area contributed by atoms with Gasteiger partial charge in [-0.05, 0) is 17.7 Å². The zero-order valence-electron chi connectivity index (χ0n) is 12.3. The van der Waals surface area contributed by atoms with Crippen molar-refractivity contribution in [3.63, 3.8) is 0 Å². The molecule has 24 heavy (non-hydrogen) atoms. The largest absolute Gasteiger partial charge is 0.416 e. The predicted octanol–water partition coefficient (Wildman–Crippen LogP) is 2.30. The molecule has 5 nitrogen and oxygen atoms in total. The van der Waals surface area contributed by atoms with Gasteiger partial charge in [-0.15, -0.1) is 0 Å². The lowest BCUT2D eigenvalue weighted by molar-refractivity contribution is -0.137. The summed E-state index contributed by atoms with van der Waals surface area (Å²) >= 11 is 1.44. The first kappa shape index (κ1) is 16.6. The highest BCUT2D eigenvalue weighted by molar-refractivity contribution is 7.99. The third kappa shape index (κ3) is 3.30. The van der Waals surface area contributed by atoms with Crippen LogP contribution in [0.5, 0.6) is 0 Å². The van der Waals surface area contributed by atoms with Crippen LogP contribution in [-0.2, 0) is 19.3 Å². The number of alkyl halides is 3. The van der Waals surface area contributed by atoms with Crippen LogP contribution in [0.15, 0.2) is 40.4 Å². The number of fused-ring (bicyclic) bond motifs is 1. The summed E-state index contributed by atoms with van der Waals surface area (Å²) in [5, 5.41) is 3.11. The Labute approximate surface area is 138 Å². The van der Waals surface area contributed by atoms with Crippen LogP contribution in [0.3, 0.4) is 0 Å². The Hall–Kier alpha value is -2.29. The lowest BCUT2D eigenvalue weighted by Gasteiger charge is -2.09. The third-order valence-electron chi connectivity index (χ3n) is 3.54. The number of rotatable bonds is 3. The van der Waals surface area contributed by atoms with E-state index in [0.717, 1.165) is 17.9 Å². The van der Waals surface area contributed by atoms with Crippen molar-refractivity contribution in [3.05, 3.63) is 57.5 Å². The highest BCUT2D eigenvalue weighted by atomic mass is 32.2. The van der Waals surface area contributed by atoms with Gasteiger partial charge >= 0.3 is 6.18 Å². The lowest BCUT2D eigenvalue weighted by Crippen LogP contribution is -2.33. The maximum atomic E-state index is 12.5. The minimum Gasteiger partial charge on any atom is -0.348 e. The van der Waals surface area contributed by atoms with Gasteiger partial charge < -0.3 is 5.32 Å². The quantitative estimate of drug-likeness (QED) is 0.858. The molecule has 0 spiro atoms. The Morgan fingerprint density at radius 1 is 1.29 bits per heavy atom. The molecular weight excluding hydrogens is 343 g/mol. The molecular formula is C15H12F3N3O2S. The van der Waals surface area contributed by atoms with Crippen LogP contribution in [0.1, 0.15) is 21.5 Å². The number of thioether (sulfide) groups is 1. The van der Waals surface area contributed by atoms with Crippen molar-refractivity contribution in [1.82, 2.24) is 14.9 Å². The van der Waals surface area contributed by atoms with Crippen molar-refractivity contribution in [3.8, 4) is 0 Å². The zero-order chi connectivity index (χ0) is 17.3. The summed E-state index contributed by atoms with van der Waals surface area (Å²) in [5.41, 5.74) is -0.736. The molecule has 126 valence electrons. The Bertz CT molecular complexity index is 831. The second-order valence-corrected chi connectivity index (χ2v) is 6.20. The number of nitrogens with zero attached hydrogens (tertiary/aromatic N) is 2. The van der Waals surface area contributed by atoms with Gasteiger partial charge in [-0.2, -0.15) is 13.2 Å². The van der Waals surface area contributed by atoms with Crippen LogP contribution in [0.4, 0.5) is 13.2 Å². The number of halogens is 3. The summed E-state index contributed by atoms with van der Waals surface area (Å²) in [6.07, 6.45) is -3.17. The molecule has 0 fully saturated rings. The highest BCUT2D eigenvalue weighted by Gasteiger charge is 2.29. The fourth-order valence-electron chi connectivity index (χ4n) is 2.26. The van der Waals surface area contributed by atoms with Crippen molar-refractivity contribution < 1.29 is 18.0 Å². The van der Waals surface area contributed by atoms with Gasteiger partial charge in [0.1, 0.15) is 5.56 Å². The van der Waals surface area contributed by atoms with E-state index in [2.05, 4.69) is 10.3 Å². The normalized spacial score (nSPS) is 13.6. The van der Waals surface area contributed by atoms with Crippen LogP contribution in [0.25, 0.3) is 0 Å². The Morgan fingerprint density at radius 3 is 2.67 bits per heavy atom. The molecule has 0 unspecified atom stereocenters. The monoisotopic (exact) mass is 355 g/mol. The first-order valence-corrected chi connectivity index (χ1v) is 8.02. The van der Waals surface area contributed by atoms with E-state index >= 15 is 0 Å². The molecule has 1 aromatic heterocycles. The van der Waals surface area contributed by atoms with Gasteiger partial charge in [-0.3, -0.25) is 14.2 Å². The first-order valence-electron chi connectivity index (χ1n) is 7.03. The van der Waals surface area contributed by atoms with E-state index in [1.165, 1.54) is 34.7 Å². The fraction of sp³-hybridized carbons (Fsp3) is 0.267. The molecule has 1 aromatic carbocycles. The minimum atomic E-state index is -4.40. The molecule has 0 saturated heterocycles. The number of benzene rings is 1. The van der Waals surface area contributed by atoms with Gasteiger partial charge in [-0.25, -0.2) is 4.98 Å². The molecule has 3 rings (SSSR count). The van der Waals surface area contributed by atoms with E-state index in [1.54, 1.807) is 0 Å². The summed E-state index contributed by atoms with van der Waals surface area (Å²) in [6, 6.07) is 4.47. The number of hydrogen-bond acceptors (Lipinski definition) is 4. The molecule has 1 aliphatic heterocycles.